The maximum absolute atomic E-state index is 2.40. The van der Waals surface area contributed by atoms with Crippen molar-refractivity contribution in [2.75, 3.05) is 0 Å². The van der Waals surface area contributed by atoms with Crippen LogP contribution < -0.4 is 24.0 Å². The Labute approximate surface area is 96.7 Å². The van der Waals surface area contributed by atoms with E-state index < -0.39 is 0 Å². The monoisotopic (exact) mass is 260 g/mol. The molecular formula is C8H13IMg. The van der Waals surface area contributed by atoms with Gasteiger partial charge in [0.15, 0.2) is 0 Å². The van der Waals surface area contributed by atoms with Crippen LogP contribution in [0.2, 0.25) is 0 Å². The van der Waals surface area contributed by atoms with Crippen molar-refractivity contribution in [2.45, 2.75) is 32.6 Å². The van der Waals surface area contributed by atoms with Gasteiger partial charge in [0.1, 0.15) is 0 Å². The summed E-state index contributed by atoms with van der Waals surface area (Å²) < 4.78 is 0. The Morgan fingerprint density at radius 2 is 2.00 bits per heavy atom. The number of halogens is 1. The molecule has 2 atom stereocenters. The molecule has 2 unspecified atom stereocenters. The Morgan fingerprint density at radius 1 is 1.30 bits per heavy atom. The molecule has 10 heavy (non-hydrogen) atoms. The fourth-order valence-corrected chi connectivity index (χ4v) is 2.26. The van der Waals surface area contributed by atoms with E-state index in [9.17, 15) is 0 Å². The van der Waals surface area contributed by atoms with E-state index in [-0.39, 0.29) is 47.0 Å². The maximum atomic E-state index is 2.40. The van der Waals surface area contributed by atoms with Crippen LogP contribution in [0.3, 0.4) is 0 Å². The molecule has 2 aliphatic rings. The average molecular weight is 260 g/mol. The number of fused-ring (bicyclic) bond motifs is 2. The zero-order valence-electron chi connectivity index (χ0n) is 6.57. The summed E-state index contributed by atoms with van der Waals surface area (Å²) >= 11 is 0. The van der Waals surface area contributed by atoms with Crippen LogP contribution in [0.4, 0.5) is 0 Å². The molecule has 0 aliphatic heterocycles. The fourth-order valence-electron chi connectivity index (χ4n) is 2.26. The second-order valence-corrected chi connectivity index (χ2v) is 3.43. The molecule has 0 spiro atoms. The maximum Gasteiger partial charge on any atom is 2.00 e. The predicted octanol–water partition coefficient (Wildman–Crippen LogP) is -0.976. The number of hydrogen-bond acceptors (Lipinski definition) is 0. The fraction of sp³-hybridized carbons (Fsp3) is 0.875. The summed E-state index contributed by atoms with van der Waals surface area (Å²) in [5, 5.41) is 0. The third kappa shape index (κ3) is 2.00. The van der Waals surface area contributed by atoms with Gasteiger partial charge in [0, 0.05) is 0 Å². The molecule has 2 rings (SSSR count). The van der Waals surface area contributed by atoms with E-state index in [1.165, 1.54) is 25.7 Å². The third-order valence-corrected chi connectivity index (χ3v) is 2.83. The summed E-state index contributed by atoms with van der Waals surface area (Å²) in [5.74, 6) is 4.01. The van der Waals surface area contributed by atoms with Gasteiger partial charge in [-0.15, -0.1) is 0 Å². The smallest absolute Gasteiger partial charge is 1.00 e. The molecule has 2 fully saturated rings. The molecule has 2 aliphatic carbocycles. The molecule has 0 radical (unpaired) electrons. The van der Waals surface area contributed by atoms with Gasteiger partial charge in [0.2, 0.25) is 0 Å². The first kappa shape index (κ1) is 11.5. The largest absolute Gasteiger partial charge is 2.00 e. The molecule has 0 saturated heterocycles. The Bertz CT molecular complexity index is 103. The van der Waals surface area contributed by atoms with Crippen LogP contribution in [0.15, 0.2) is 0 Å². The van der Waals surface area contributed by atoms with Crippen molar-refractivity contribution in [3.05, 3.63) is 5.92 Å². The first-order valence-electron chi connectivity index (χ1n) is 3.70. The summed E-state index contributed by atoms with van der Waals surface area (Å²) in [6.45, 7) is 2.40. The Balaban J connectivity index is 0.000000405. The van der Waals surface area contributed by atoms with E-state index in [0.29, 0.717) is 0 Å². The summed E-state index contributed by atoms with van der Waals surface area (Å²) in [5.41, 5.74) is 0. The third-order valence-electron chi connectivity index (χ3n) is 2.83. The Hall–Kier alpha value is 1.50. The van der Waals surface area contributed by atoms with Crippen LogP contribution in [-0.2, 0) is 0 Å². The predicted molar refractivity (Wildman–Crippen MR) is 40.1 cm³/mol. The first-order chi connectivity index (χ1) is 3.86. The van der Waals surface area contributed by atoms with E-state index in [0.717, 1.165) is 11.8 Å². The van der Waals surface area contributed by atoms with Crippen LogP contribution in [0, 0.1) is 17.8 Å². The topological polar surface area (TPSA) is 0 Å². The molecule has 2 heteroatoms. The SMILES string of the molecule is CC1C[C-]2CCC1C2.[I-].[Mg+2]. The zero-order valence-corrected chi connectivity index (χ0v) is 10.1. The molecule has 0 aromatic carbocycles. The summed E-state index contributed by atoms with van der Waals surface area (Å²) in [7, 11) is 0. The summed E-state index contributed by atoms with van der Waals surface area (Å²) in [4.78, 5) is 0. The Morgan fingerprint density at radius 3 is 2.20 bits per heavy atom. The average Bonchev–Trinajstić information content (AvgIpc) is 2.23. The van der Waals surface area contributed by atoms with Crippen molar-refractivity contribution in [3.8, 4) is 0 Å². The minimum Gasteiger partial charge on any atom is -1.00 e. The molecule has 0 amide bonds. The van der Waals surface area contributed by atoms with Gasteiger partial charge in [0.25, 0.3) is 0 Å². The molecule has 2 saturated carbocycles. The summed E-state index contributed by atoms with van der Waals surface area (Å²) in [6.07, 6.45) is 5.93. The van der Waals surface area contributed by atoms with Gasteiger partial charge in [-0.3, -0.25) is 0 Å². The standard InChI is InChI=1S/C8H13.HI.Mg/c1-6-4-7-2-3-8(6)5-7;;/h6,8H,2-5H2,1H3;1H;/q-1;;+2/p-1. The number of hydrogen-bond donors (Lipinski definition) is 0. The van der Waals surface area contributed by atoms with Gasteiger partial charge in [-0.2, -0.15) is 19.3 Å². The van der Waals surface area contributed by atoms with Crippen molar-refractivity contribution >= 4 is 23.1 Å². The molecule has 0 heterocycles. The van der Waals surface area contributed by atoms with Crippen LogP contribution >= 0.6 is 0 Å². The van der Waals surface area contributed by atoms with E-state index in [1.54, 1.807) is 0 Å². The molecule has 0 aromatic heterocycles. The van der Waals surface area contributed by atoms with Gasteiger partial charge in [-0.25, -0.2) is 0 Å². The second kappa shape index (κ2) is 4.50. The van der Waals surface area contributed by atoms with Gasteiger partial charge >= 0.3 is 23.1 Å². The first-order valence-corrected chi connectivity index (χ1v) is 3.70. The minimum atomic E-state index is 0. The normalized spacial score (nSPS) is 36.9. The van der Waals surface area contributed by atoms with Crippen molar-refractivity contribution in [1.82, 2.24) is 0 Å². The van der Waals surface area contributed by atoms with E-state index in [4.69, 9.17) is 0 Å². The molecule has 54 valence electrons. The molecule has 2 bridgehead atoms. The summed E-state index contributed by atoms with van der Waals surface area (Å²) in [6, 6.07) is 0. The molecule has 0 nitrogen and oxygen atoms in total. The molecular weight excluding hydrogens is 247 g/mol. The van der Waals surface area contributed by atoms with Crippen LogP contribution in [0.5, 0.6) is 0 Å². The van der Waals surface area contributed by atoms with Crippen LogP contribution in [0.1, 0.15) is 32.6 Å². The number of rotatable bonds is 0. The van der Waals surface area contributed by atoms with E-state index >= 15 is 0 Å². The van der Waals surface area contributed by atoms with Crippen molar-refractivity contribution in [3.63, 3.8) is 0 Å². The van der Waals surface area contributed by atoms with Gasteiger partial charge < -0.3 is 29.9 Å². The Kier molecular flexibility index (Phi) is 5.18. The van der Waals surface area contributed by atoms with Crippen molar-refractivity contribution in [1.29, 1.82) is 0 Å². The van der Waals surface area contributed by atoms with Crippen LogP contribution in [0.25, 0.3) is 0 Å². The van der Waals surface area contributed by atoms with E-state index in [2.05, 4.69) is 6.92 Å². The van der Waals surface area contributed by atoms with Gasteiger partial charge in [0.05, 0.1) is 0 Å². The van der Waals surface area contributed by atoms with Gasteiger partial charge in [-0.1, -0.05) is 25.2 Å². The van der Waals surface area contributed by atoms with E-state index in [1.807, 2.05) is 5.92 Å². The molecule has 0 N–H and O–H groups in total. The van der Waals surface area contributed by atoms with Gasteiger partial charge in [-0.05, 0) is 0 Å². The van der Waals surface area contributed by atoms with Crippen molar-refractivity contribution < 1.29 is 24.0 Å². The quantitative estimate of drug-likeness (QED) is 0.298. The zero-order chi connectivity index (χ0) is 5.56. The second-order valence-electron chi connectivity index (χ2n) is 3.43. The van der Waals surface area contributed by atoms with Crippen LogP contribution in [-0.4, -0.2) is 23.1 Å². The molecule has 0 aromatic rings. The van der Waals surface area contributed by atoms with Crippen molar-refractivity contribution in [2.24, 2.45) is 11.8 Å². The minimum absolute atomic E-state index is 0.